The zero-order valence-corrected chi connectivity index (χ0v) is 18.0. The van der Waals surface area contributed by atoms with Crippen molar-refractivity contribution < 1.29 is 14.3 Å². The molecule has 9 heteroatoms. The highest BCUT2D eigenvalue weighted by molar-refractivity contribution is 7.21. The fraction of sp³-hybridized carbons (Fsp3) is 0.174. The van der Waals surface area contributed by atoms with Crippen LogP contribution in [-0.2, 0) is 4.79 Å². The summed E-state index contributed by atoms with van der Waals surface area (Å²) in [6, 6.07) is 14.2. The number of pyridine rings is 2. The highest BCUT2D eigenvalue weighted by Gasteiger charge is 2.30. The SMILES string of the molecule is Cc1cccnc1C(=O)Nc1cccc(Oc2ccc3nc(NC(=O)C4CC4)sc3n2)c1. The van der Waals surface area contributed by atoms with Crippen LogP contribution in [0.1, 0.15) is 28.9 Å². The smallest absolute Gasteiger partial charge is 0.274 e. The number of hydrogen-bond acceptors (Lipinski definition) is 7. The number of aryl methyl sites for hydroxylation is 1. The van der Waals surface area contributed by atoms with Crippen molar-refractivity contribution in [2.45, 2.75) is 19.8 Å². The van der Waals surface area contributed by atoms with E-state index in [1.165, 1.54) is 11.3 Å². The average molecular weight is 446 g/mol. The van der Waals surface area contributed by atoms with Gasteiger partial charge in [0.15, 0.2) is 5.13 Å². The number of hydrogen-bond donors (Lipinski definition) is 2. The van der Waals surface area contributed by atoms with E-state index in [0.717, 1.165) is 18.4 Å². The Labute approximate surface area is 187 Å². The summed E-state index contributed by atoms with van der Waals surface area (Å²) >= 11 is 1.31. The number of nitrogens with one attached hydrogen (secondary N) is 2. The number of rotatable bonds is 6. The lowest BCUT2D eigenvalue weighted by Crippen LogP contribution is -2.15. The number of carbonyl (C=O) groups is 2. The first-order valence-corrected chi connectivity index (χ1v) is 11.0. The summed E-state index contributed by atoms with van der Waals surface area (Å²) in [7, 11) is 0. The van der Waals surface area contributed by atoms with Gasteiger partial charge in [-0.15, -0.1) is 0 Å². The number of ether oxygens (including phenoxy) is 1. The van der Waals surface area contributed by atoms with Crippen molar-refractivity contribution in [3.8, 4) is 11.6 Å². The van der Waals surface area contributed by atoms with Gasteiger partial charge in [-0.05, 0) is 49.6 Å². The van der Waals surface area contributed by atoms with Crippen molar-refractivity contribution in [1.29, 1.82) is 0 Å². The number of fused-ring (bicyclic) bond motifs is 1. The van der Waals surface area contributed by atoms with E-state index in [1.807, 2.05) is 13.0 Å². The average Bonchev–Trinajstić information content (AvgIpc) is 3.55. The molecule has 1 saturated carbocycles. The molecule has 0 radical (unpaired) electrons. The van der Waals surface area contributed by atoms with Crippen LogP contribution in [-0.4, -0.2) is 26.8 Å². The van der Waals surface area contributed by atoms with Crippen LogP contribution in [0.4, 0.5) is 10.8 Å². The molecule has 0 atom stereocenters. The number of benzene rings is 1. The maximum absolute atomic E-state index is 12.5. The van der Waals surface area contributed by atoms with Crippen molar-refractivity contribution in [1.82, 2.24) is 15.0 Å². The second-order valence-corrected chi connectivity index (χ2v) is 8.49. The Morgan fingerprint density at radius 3 is 2.75 bits per heavy atom. The number of nitrogens with zero attached hydrogens (tertiary/aromatic N) is 3. The number of carbonyl (C=O) groups excluding carboxylic acids is 2. The first-order chi connectivity index (χ1) is 15.5. The zero-order valence-electron chi connectivity index (χ0n) is 17.2. The van der Waals surface area contributed by atoms with E-state index >= 15 is 0 Å². The third-order valence-corrected chi connectivity index (χ3v) is 5.83. The number of amides is 2. The Balaban J connectivity index is 1.30. The molecule has 0 saturated heterocycles. The lowest BCUT2D eigenvalue weighted by atomic mass is 10.2. The molecular weight excluding hydrogens is 426 g/mol. The molecule has 1 aromatic carbocycles. The van der Waals surface area contributed by atoms with Crippen LogP contribution in [0.3, 0.4) is 0 Å². The van der Waals surface area contributed by atoms with Gasteiger partial charge >= 0.3 is 0 Å². The van der Waals surface area contributed by atoms with Crippen LogP contribution in [0.2, 0.25) is 0 Å². The second-order valence-electron chi connectivity index (χ2n) is 7.51. The van der Waals surface area contributed by atoms with E-state index in [1.54, 1.807) is 48.7 Å². The van der Waals surface area contributed by atoms with Gasteiger partial charge in [0.2, 0.25) is 11.8 Å². The molecule has 4 aromatic rings. The first-order valence-electron chi connectivity index (χ1n) is 10.1. The lowest BCUT2D eigenvalue weighted by Gasteiger charge is -2.09. The molecule has 1 aliphatic rings. The Morgan fingerprint density at radius 2 is 1.94 bits per heavy atom. The summed E-state index contributed by atoms with van der Waals surface area (Å²) in [5, 5.41) is 6.23. The third-order valence-electron chi connectivity index (χ3n) is 4.95. The molecule has 32 heavy (non-hydrogen) atoms. The summed E-state index contributed by atoms with van der Waals surface area (Å²) in [5.74, 6) is 0.762. The van der Waals surface area contributed by atoms with Gasteiger partial charge in [0, 0.05) is 29.9 Å². The van der Waals surface area contributed by atoms with E-state index in [2.05, 4.69) is 25.6 Å². The monoisotopic (exact) mass is 445 g/mol. The minimum absolute atomic E-state index is 0.0142. The van der Waals surface area contributed by atoms with E-state index in [0.29, 0.717) is 38.5 Å². The molecule has 5 rings (SSSR count). The van der Waals surface area contributed by atoms with E-state index in [-0.39, 0.29) is 17.7 Å². The normalized spacial score (nSPS) is 13.0. The fourth-order valence-corrected chi connectivity index (χ4v) is 3.97. The summed E-state index contributed by atoms with van der Waals surface area (Å²) in [4.78, 5) is 38.2. The first kappa shape index (κ1) is 20.1. The molecule has 8 nitrogen and oxygen atoms in total. The molecule has 0 aliphatic heterocycles. The molecule has 1 fully saturated rings. The third kappa shape index (κ3) is 4.42. The number of aromatic nitrogens is 3. The van der Waals surface area contributed by atoms with Crippen LogP contribution < -0.4 is 15.4 Å². The van der Waals surface area contributed by atoms with Crippen molar-refractivity contribution >= 4 is 44.3 Å². The molecule has 1 aliphatic carbocycles. The molecular formula is C23H19N5O3S. The molecule has 0 unspecified atom stereocenters. The molecule has 160 valence electrons. The zero-order chi connectivity index (χ0) is 22.1. The summed E-state index contributed by atoms with van der Waals surface area (Å²) in [6.45, 7) is 1.84. The molecule has 2 amide bonds. The minimum Gasteiger partial charge on any atom is -0.439 e. The predicted octanol–water partition coefficient (Wildman–Crippen LogP) is 4.79. The van der Waals surface area contributed by atoms with Gasteiger partial charge in [0.05, 0.1) is 0 Å². The Hall–Kier alpha value is -3.85. The van der Waals surface area contributed by atoms with E-state index in [9.17, 15) is 9.59 Å². The van der Waals surface area contributed by atoms with Crippen LogP contribution >= 0.6 is 11.3 Å². The summed E-state index contributed by atoms with van der Waals surface area (Å²) < 4.78 is 5.89. The van der Waals surface area contributed by atoms with E-state index in [4.69, 9.17) is 4.74 Å². The predicted molar refractivity (Wildman–Crippen MR) is 122 cm³/mol. The van der Waals surface area contributed by atoms with E-state index < -0.39 is 0 Å². The largest absolute Gasteiger partial charge is 0.439 e. The topological polar surface area (TPSA) is 106 Å². The highest BCUT2D eigenvalue weighted by atomic mass is 32.1. The van der Waals surface area contributed by atoms with Gasteiger partial charge in [0.25, 0.3) is 5.91 Å². The fourth-order valence-electron chi connectivity index (χ4n) is 3.14. The number of thiazole rings is 1. The van der Waals surface area contributed by atoms with Crippen molar-refractivity contribution in [2.24, 2.45) is 5.92 Å². The Bertz CT molecular complexity index is 1330. The molecule has 3 aromatic heterocycles. The van der Waals surface area contributed by atoms with Crippen LogP contribution in [0, 0.1) is 12.8 Å². The van der Waals surface area contributed by atoms with Crippen LogP contribution in [0.25, 0.3) is 10.3 Å². The van der Waals surface area contributed by atoms with Gasteiger partial charge in [-0.2, -0.15) is 0 Å². The van der Waals surface area contributed by atoms with Crippen molar-refractivity contribution in [2.75, 3.05) is 10.6 Å². The van der Waals surface area contributed by atoms with Crippen molar-refractivity contribution in [3.05, 3.63) is 66.0 Å². The maximum atomic E-state index is 12.5. The minimum atomic E-state index is -0.287. The van der Waals surface area contributed by atoms with Gasteiger partial charge in [-0.3, -0.25) is 14.6 Å². The number of anilines is 2. The quantitative estimate of drug-likeness (QED) is 0.442. The van der Waals surface area contributed by atoms with Crippen LogP contribution in [0.5, 0.6) is 11.6 Å². The Morgan fingerprint density at radius 1 is 1.06 bits per heavy atom. The van der Waals surface area contributed by atoms with Gasteiger partial charge in [-0.25, -0.2) is 9.97 Å². The van der Waals surface area contributed by atoms with Crippen molar-refractivity contribution in [3.63, 3.8) is 0 Å². The Kier molecular flexibility index (Phi) is 5.24. The second kappa shape index (κ2) is 8.35. The summed E-state index contributed by atoms with van der Waals surface area (Å²) in [5.41, 5.74) is 2.45. The highest BCUT2D eigenvalue weighted by Crippen LogP contribution is 2.33. The molecule has 2 N–H and O–H groups in total. The standard InChI is InChI=1S/C23H19N5O3S/c1-13-4-3-11-24-19(13)21(30)25-15-5-2-6-16(12-15)31-18-10-9-17-22(27-18)32-23(26-17)28-20(29)14-7-8-14/h2-6,9-12,14H,7-8H2,1H3,(H,25,30)(H,26,28,29). The lowest BCUT2D eigenvalue weighted by molar-refractivity contribution is -0.117. The maximum Gasteiger partial charge on any atom is 0.274 e. The summed E-state index contributed by atoms with van der Waals surface area (Å²) in [6.07, 6.45) is 3.47. The van der Waals surface area contributed by atoms with Crippen LogP contribution in [0.15, 0.2) is 54.7 Å². The van der Waals surface area contributed by atoms with Gasteiger partial charge < -0.3 is 15.4 Å². The molecule has 0 spiro atoms. The molecule has 3 heterocycles. The molecule has 0 bridgehead atoms. The van der Waals surface area contributed by atoms with Gasteiger partial charge in [-0.1, -0.05) is 23.5 Å². The van der Waals surface area contributed by atoms with Gasteiger partial charge in [0.1, 0.15) is 21.8 Å².